The number of methoxy groups -OCH3 is 1. The molecule has 0 aliphatic carbocycles. The summed E-state index contributed by atoms with van der Waals surface area (Å²) in [4.78, 5) is 24.9. The molecular weight excluding hydrogens is 477 g/mol. The molecule has 0 saturated carbocycles. The van der Waals surface area contributed by atoms with Crippen LogP contribution in [-0.2, 0) is 14.3 Å². The topological polar surface area (TPSA) is 55.8 Å². The zero-order chi connectivity index (χ0) is 16.8. The summed E-state index contributed by atoms with van der Waals surface area (Å²) in [5.41, 5.74) is 1.99. The number of halogens is 2. The number of anilines is 1. The average Bonchev–Trinajstić information content (AvgIpc) is 2.53. The van der Waals surface area contributed by atoms with Crippen LogP contribution in [0, 0.1) is 3.57 Å². The maximum atomic E-state index is 11.8. The van der Waals surface area contributed by atoms with Gasteiger partial charge in [0.05, 0.1) is 31.0 Å². The lowest BCUT2D eigenvalue weighted by atomic mass is 10.1. The van der Waals surface area contributed by atoms with Gasteiger partial charge in [-0.3, -0.25) is 0 Å². The Balaban J connectivity index is 2.32. The normalized spacial score (nSPS) is 16.2. The first-order chi connectivity index (χ1) is 11.1. The minimum absolute atomic E-state index is 0.149. The number of alkyl halides is 1. The van der Waals surface area contributed by atoms with Gasteiger partial charge in [-0.25, -0.2) is 9.59 Å². The maximum absolute atomic E-state index is 11.8. The Bertz CT molecular complexity index is 627. The van der Waals surface area contributed by atoms with Crippen molar-refractivity contribution in [3.05, 3.63) is 32.9 Å². The van der Waals surface area contributed by atoms with E-state index in [0.29, 0.717) is 29.6 Å². The number of hydrogen-bond donors (Lipinski definition) is 0. The Kier molecular flexibility index (Phi) is 7.08. The van der Waals surface area contributed by atoms with Gasteiger partial charge in [0, 0.05) is 27.6 Å². The summed E-state index contributed by atoms with van der Waals surface area (Å²) >= 11 is 5.53. The minimum atomic E-state index is -0.380. The monoisotopic (exact) mass is 493 g/mol. The van der Waals surface area contributed by atoms with Crippen LogP contribution in [0.25, 0.3) is 0 Å². The molecule has 23 heavy (non-hydrogen) atoms. The number of ether oxygens (including phenoxy) is 2. The van der Waals surface area contributed by atoms with E-state index >= 15 is 0 Å². The Morgan fingerprint density at radius 3 is 2.83 bits per heavy atom. The first kappa shape index (κ1) is 18.4. The zero-order valence-electron chi connectivity index (χ0n) is 12.7. The van der Waals surface area contributed by atoms with E-state index in [2.05, 4.69) is 43.4 Å². The van der Waals surface area contributed by atoms with E-state index in [0.717, 1.165) is 22.3 Å². The van der Waals surface area contributed by atoms with E-state index < -0.39 is 0 Å². The van der Waals surface area contributed by atoms with Crippen LogP contribution in [0.2, 0.25) is 0 Å². The van der Waals surface area contributed by atoms with Gasteiger partial charge in [-0.1, -0.05) is 15.9 Å². The van der Waals surface area contributed by atoms with Gasteiger partial charge in [-0.15, -0.1) is 0 Å². The highest BCUT2D eigenvalue weighted by atomic mass is 127. The summed E-state index contributed by atoms with van der Waals surface area (Å²) in [6, 6.07) is 5.40. The number of carbonyl (C=O) groups is 1. The molecule has 0 spiro atoms. The summed E-state index contributed by atoms with van der Waals surface area (Å²) in [6.45, 7) is 1.88. The Labute approximate surface area is 157 Å². The SMILES string of the molecule is COC(=O)c1ccc(I)c(N(CC(=C=O)CBr)C[C@@H]2CCO2)c1. The highest BCUT2D eigenvalue weighted by Crippen LogP contribution is 2.27. The first-order valence-electron chi connectivity index (χ1n) is 7.12. The van der Waals surface area contributed by atoms with Crippen molar-refractivity contribution in [2.24, 2.45) is 0 Å². The van der Waals surface area contributed by atoms with Crippen LogP contribution in [-0.4, -0.2) is 50.2 Å². The predicted octanol–water partition coefficient (Wildman–Crippen LogP) is 2.83. The van der Waals surface area contributed by atoms with Crippen LogP contribution in [0.4, 0.5) is 5.69 Å². The van der Waals surface area contributed by atoms with E-state index in [9.17, 15) is 9.59 Å². The lowest BCUT2D eigenvalue weighted by molar-refractivity contribution is -0.0443. The second-order valence-electron chi connectivity index (χ2n) is 5.16. The molecule has 124 valence electrons. The van der Waals surface area contributed by atoms with Crippen molar-refractivity contribution in [2.45, 2.75) is 12.5 Å². The lowest BCUT2D eigenvalue weighted by Gasteiger charge is -2.34. The van der Waals surface area contributed by atoms with Crippen molar-refractivity contribution < 1.29 is 19.1 Å². The van der Waals surface area contributed by atoms with Gasteiger partial charge in [0.25, 0.3) is 0 Å². The standard InChI is InChI=1S/C16H17BrINO4/c1-22-16(21)12-2-3-14(18)15(6-12)19(8-11(7-17)10-20)9-13-4-5-23-13/h2-3,6,13H,4-5,7-9H2,1H3/t13-/m0/s1. The molecule has 0 radical (unpaired) electrons. The molecular formula is C16H17BrINO4. The summed E-state index contributed by atoms with van der Waals surface area (Å²) in [5, 5.41) is 0.464. The summed E-state index contributed by atoms with van der Waals surface area (Å²) in [5.74, 6) is 1.59. The minimum Gasteiger partial charge on any atom is -0.465 e. The van der Waals surface area contributed by atoms with Crippen LogP contribution in [0.15, 0.2) is 23.8 Å². The molecule has 0 aromatic heterocycles. The van der Waals surface area contributed by atoms with E-state index in [1.165, 1.54) is 7.11 Å². The van der Waals surface area contributed by atoms with Crippen molar-refractivity contribution in [1.29, 1.82) is 0 Å². The molecule has 1 aliphatic rings. The maximum Gasteiger partial charge on any atom is 0.337 e. The fourth-order valence-electron chi connectivity index (χ4n) is 2.25. The molecule has 2 rings (SSSR count). The van der Waals surface area contributed by atoms with Crippen molar-refractivity contribution >= 4 is 56.1 Å². The quantitative estimate of drug-likeness (QED) is 0.253. The number of hydrogen-bond acceptors (Lipinski definition) is 5. The highest BCUT2D eigenvalue weighted by molar-refractivity contribution is 14.1. The molecule has 0 amide bonds. The van der Waals surface area contributed by atoms with Crippen molar-refractivity contribution in [3.63, 3.8) is 0 Å². The second kappa shape index (κ2) is 8.82. The van der Waals surface area contributed by atoms with E-state index in [1.54, 1.807) is 12.1 Å². The Morgan fingerprint density at radius 1 is 1.57 bits per heavy atom. The predicted molar refractivity (Wildman–Crippen MR) is 100 cm³/mol. The molecule has 0 bridgehead atoms. The second-order valence-corrected chi connectivity index (χ2v) is 6.88. The molecule has 5 nitrogen and oxygen atoms in total. The molecule has 1 saturated heterocycles. The molecule has 1 aliphatic heterocycles. The molecule has 1 aromatic rings. The summed E-state index contributed by atoms with van der Waals surface area (Å²) in [7, 11) is 1.36. The number of carbonyl (C=O) groups excluding carboxylic acids is 2. The zero-order valence-corrected chi connectivity index (χ0v) is 16.4. The number of esters is 1. The van der Waals surface area contributed by atoms with Gasteiger partial charge in [-0.05, 0) is 47.2 Å². The van der Waals surface area contributed by atoms with Crippen LogP contribution >= 0.6 is 38.5 Å². The van der Waals surface area contributed by atoms with Crippen LogP contribution in [0.1, 0.15) is 16.8 Å². The van der Waals surface area contributed by atoms with E-state index in [-0.39, 0.29) is 12.1 Å². The lowest BCUT2D eigenvalue weighted by Crippen LogP contribution is -2.41. The van der Waals surface area contributed by atoms with Crippen molar-refractivity contribution in [2.75, 3.05) is 37.0 Å². The first-order valence-corrected chi connectivity index (χ1v) is 9.32. The highest BCUT2D eigenvalue weighted by Gasteiger charge is 2.24. The number of nitrogens with zero attached hydrogens (tertiary/aromatic N) is 1. The Hall–Kier alpha value is -0.890. The van der Waals surface area contributed by atoms with Crippen LogP contribution in [0.3, 0.4) is 0 Å². The third-order valence-corrected chi connectivity index (χ3v) is 5.20. The van der Waals surface area contributed by atoms with Gasteiger partial charge in [-0.2, -0.15) is 0 Å². The molecule has 7 heteroatoms. The molecule has 1 heterocycles. The Morgan fingerprint density at radius 2 is 2.30 bits per heavy atom. The van der Waals surface area contributed by atoms with Gasteiger partial charge < -0.3 is 14.4 Å². The summed E-state index contributed by atoms with van der Waals surface area (Å²) < 4.78 is 11.3. The number of rotatable bonds is 7. The van der Waals surface area contributed by atoms with E-state index in [1.807, 2.05) is 12.0 Å². The fraction of sp³-hybridized carbons (Fsp3) is 0.438. The van der Waals surface area contributed by atoms with Gasteiger partial charge >= 0.3 is 5.97 Å². The molecule has 0 unspecified atom stereocenters. The average molecular weight is 494 g/mol. The van der Waals surface area contributed by atoms with Crippen molar-refractivity contribution in [1.82, 2.24) is 0 Å². The van der Waals surface area contributed by atoms with Gasteiger partial charge in [0.1, 0.15) is 5.94 Å². The van der Waals surface area contributed by atoms with Gasteiger partial charge in [0.15, 0.2) is 0 Å². The van der Waals surface area contributed by atoms with Crippen molar-refractivity contribution in [3.8, 4) is 0 Å². The molecule has 1 aromatic carbocycles. The smallest absolute Gasteiger partial charge is 0.337 e. The van der Waals surface area contributed by atoms with Gasteiger partial charge in [0.2, 0.25) is 0 Å². The molecule has 1 fully saturated rings. The molecule has 0 N–H and O–H groups in total. The summed E-state index contributed by atoms with van der Waals surface area (Å²) in [6.07, 6.45) is 1.15. The number of benzene rings is 1. The van der Waals surface area contributed by atoms with E-state index in [4.69, 9.17) is 9.47 Å². The van der Waals surface area contributed by atoms with Crippen LogP contribution in [0.5, 0.6) is 0 Å². The van der Waals surface area contributed by atoms with Crippen LogP contribution < -0.4 is 4.90 Å². The third-order valence-electron chi connectivity index (χ3n) is 3.61. The largest absolute Gasteiger partial charge is 0.465 e. The molecule has 1 atom stereocenters. The fourth-order valence-corrected chi connectivity index (χ4v) is 3.22. The third kappa shape index (κ3) is 4.79.